The number of carboxylic acid groups (broad SMARTS) is 1. The predicted molar refractivity (Wildman–Crippen MR) is 78.6 cm³/mol. The van der Waals surface area contributed by atoms with Crippen LogP contribution in [0.15, 0.2) is 0 Å². The summed E-state index contributed by atoms with van der Waals surface area (Å²) in [7, 11) is 0. The molecule has 130 valence electrons. The Morgan fingerprint density at radius 2 is 1.71 bits per heavy atom. The van der Waals surface area contributed by atoms with E-state index in [1.165, 1.54) is 9.80 Å². The van der Waals surface area contributed by atoms with Gasteiger partial charge in [0.15, 0.2) is 0 Å². The molecule has 0 radical (unpaired) electrons. The van der Waals surface area contributed by atoms with Crippen molar-refractivity contribution in [2.24, 2.45) is 11.8 Å². The Bertz CT molecular complexity index is 592. The third-order valence-corrected chi connectivity index (χ3v) is 5.78. The van der Waals surface area contributed by atoms with Crippen LogP contribution in [0.2, 0.25) is 0 Å². The number of fused-ring (bicyclic) bond motifs is 5. The van der Waals surface area contributed by atoms with E-state index in [1.807, 2.05) is 0 Å². The average molecular weight is 336 g/mol. The lowest BCUT2D eigenvalue weighted by Gasteiger charge is -2.23. The molecule has 4 aliphatic heterocycles. The maximum Gasteiger partial charge on any atom is 0.326 e. The van der Waals surface area contributed by atoms with E-state index >= 15 is 0 Å². The molecule has 4 aliphatic rings. The van der Waals surface area contributed by atoms with Crippen molar-refractivity contribution < 1.29 is 29.0 Å². The second-order valence-electron chi connectivity index (χ2n) is 7.00. The topological polar surface area (TPSA) is 104 Å². The van der Waals surface area contributed by atoms with Gasteiger partial charge in [0.1, 0.15) is 6.04 Å². The number of carbonyl (C=O) groups excluding carboxylic acids is 3. The first kappa shape index (κ1) is 15.6. The highest BCUT2D eigenvalue weighted by molar-refractivity contribution is 6.06. The monoisotopic (exact) mass is 336 g/mol. The first-order valence-corrected chi connectivity index (χ1v) is 8.52. The fourth-order valence-electron chi connectivity index (χ4n) is 4.67. The van der Waals surface area contributed by atoms with Gasteiger partial charge in [-0.15, -0.1) is 0 Å². The Morgan fingerprint density at radius 3 is 2.29 bits per heavy atom. The van der Waals surface area contributed by atoms with Crippen molar-refractivity contribution in [1.29, 1.82) is 0 Å². The molecule has 0 aromatic rings. The zero-order chi connectivity index (χ0) is 17.0. The van der Waals surface area contributed by atoms with Crippen LogP contribution in [0.25, 0.3) is 0 Å². The first-order chi connectivity index (χ1) is 11.5. The van der Waals surface area contributed by atoms with E-state index < -0.39 is 12.0 Å². The highest BCUT2D eigenvalue weighted by atomic mass is 16.5. The average Bonchev–Trinajstić information content (AvgIpc) is 3.29. The summed E-state index contributed by atoms with van der Waals surface area (Å²) < 4.78 is 5.67. The summed E-state index contributed by atoms with van der Waals surface area (Å²) >= 11 is 0. The zero-order valence-corrected chi connectivity index (χ0v) is 13.2. The summed E-state index contributed by atoms with van der Waals surface area (Å²) in [4.78, 5) is 51.0. The molecule has 4 saturated heterocycles. The molecule has 5 atom stereocenters. The number of carbonyl (C=O) groups is 4. The summed E-state index contributed by atoms with van der Waals surface area (Å²) in [6, 6.07) is -0.786. The van der Waals surface area contributed by atoms with Crippen LogP contribution in [0, 0.1) is 11.8 Å². The van der Waals surface area contributed by atoms with Crippen molar-refractivity contribution in [3.63, 3.8) is 0 Å². The molecule has 3 amide bonds. The van der Waals surface area contributed by atoms with Gasteiger partial charge >= 0.3 is 5.97 Å². The number of hydrogen-bond donors (Lipinski definition) is 1. The first-order valence-electron chi connectivity index (χ1n) is 8.52. The minimum absolute atomic E-state index is 0.0170. The van der Waals surface area contributed by atoms with Gasteiger partial charge in [-0.25, -0.2) is 4.79 Å². The maximum absolute atomic E-state index is 12.5. The molecule has 0 spiro atoms. The van der Waals surface area contributed by atoms with E-state index in [1.54, 1.807) is 0 Å². The van der Waals surface area contributed by atoms with Crippen molar-refractivity contribution in [2.45, 2.75) is 50.4 Å². The number of nitrogens with zero attached hydrogens (tertiary/aromatic N) is 2. The molecule has 1 N–H and O–H groups in total. The third-order valence-electron chi connectivity index (χ3n) is 5.78. The Balaban J connectivity index is 1.40. The molecule has 0 aromatic heterocycles. The van der Waals surface area contributed by atoms with Crippen molar-refractivity contribution in [3.05, 3.63) is 0 Å². The van der Waals surface area contributed by atoms with Crippen LogP contribution in [0.5, 0.6) is 0 Å². The molecule has 0 aromatic carbocycles. The minimum Gasteiger partial charge on any atom is -0.480 e. The van der Waals surface area contributed by atoms with Gasteiger partial charge in [0, 0.05) is 19.5 Å². The SMILES string of the molecule is O=C(O)C1CCCN1C(=O)CCN1C(=O)C2C3CCC(O3)C2C1=O. The summed E-state index contributed by atoms with van der Waals surface area (Å²) in [5.74, 6) is -2.55. The van der Waals surface area contributed by atoms with Crippen LogP contribution >= 0.6 is 0 Å². The molecule has 0 aliphatic carbocycles. The standard InChI is InChI=1S/C16H20N2O6/c19-11(17-6-1-2-8(17)16(22)23)5-7-18-14(20)12-9-3-4-10(24-9)13(12)15(18)21/h8-10,12-13H,1-7H2,(H,22,23). The van der Waals surface area contributed by atoms with Crippen molar-refractivity contribution in [3.8, 4) is 0 Å². The Morgan fingerprint density at radius 1 is 1.08 bits per heavy atom. The van der Waals surface area contributed by atoms with Crippen LogP contribution in [-0.4, -0.2) is 69.9 Å². The number of likely N-dealkylation sites (tertiary alicyclic amines) is 2. The molecule has 8 nitrogen and oxygen atoms in total. The Kier molecular flexibility index (Phi) is 3.59. The highest BCUT2D eigenvalue weighted by Crippen LogP contribution is 2.48. The lowest BCUT2D eigenvalue weighted by Crippen LogP contribution is -2.43. The van der Waals surface area contributed by atoms with Crippen molar-refractivity contribution >= 4 is 23.7 Å². The second kappa shape index (κ2) is 5.54. The van der Waals surface area contributed by atoms with E-state index in [0.29, 0.717) is 19.4 Å². The normalized spacial score (nSPS) is 37.4. The molecule has 2 bridgehead atoms. The van der Waals surface area contributed by atoms with Gasteiger partial charge in [0.25, 0.3) is 0 Å². The van der Waals surface area contributed by atoms with Gasteiger partial charge in [-0.1, -0.05) is 0 Å². The molecular weight excluding hydrogens is 316 g/mol. The fraction of sp³-hybridized carbons (Fsp3) is 0.750. The summed E-state index contributed by atoms with van der Waals surface area (Å²) in [5.41, 5.74) is 0. The smallest absolute Gasteiger partial charge is 0.326 e. The Labute approximate surface area is 138 Å². The predicted octanol–water partition coefficient (Wildman–Crippen LogP) is -0.385. The minimum atomic E-state index is -1.00. The van der Waals surface area contributed by atoms with E-state index in [-0.39, 0.29) is 54.7 Å². The largest absolute Gasteiger partial charge is 0.480 e. The second-order valence-corrected chi connectivity index (χ2v) is 7.00. The highest BCUT2D eigenvalue weighted by Gasteiger charge is 2.62. The number of aliphatic carboxylic acids is 1. The fourth-order valence-corrected chi connectivity index (χ4v) is 4.67. The lowest BCUT2D eigenvalue weighted by atomic mass is 9.81. The summed E-state index contributed by atoms with van der Waals surface area (Å²) in [6.45, 7) is 0.451. The van der Waals surface area contributed by atoms with E-state index in [4.69, 9.17) is 9.84 Å². The van der Waals surface area contributed by atoms with E-state index in [2.05, 4.69) is 0 Å². The van der Waals surface area contributed by atoms with Crippen LogP contribution < -0.4 is 0 Å². The summed E-state index contributed by atoms with van der Waals surface area (Å²) in [5, 5.41) is 9.14. The van der Waals surface area contributed by atoms with E-state index in [9.17, 15) is 19.2 Å². The maximum atomic E-state index is 12.5. The van der Waals surface area contributed by atoms with Gasteiger partial charge in [-0.3, -0.25) is 19.3 Å². The molecule has 4 heterocycles. The molecule has 4 rings (SSSR count). The Hall–Kier alpha value is -1.96. The van der Waals surface area contributed by atoms with Gasteiger partial charge in [-0.2, -0.15) is 0 Å². The quantitative estimate of drug-likeness (QED) is 0.702. The molecule has 24 heavy (non-hydrogen) atoms. The third kappa shape index (κ3) is 2.16. The molecule has 8 heteroatoms. The van der Waals surface area contributed by atoms with Crippen LogP contribution in [0.1, 0.15) is 32.1 Å². The van der Waals surface area contributed by atoms with Gasteiger partial charge in [0.05, 0.1) is 24.0 Å². The molecule has 0 saturated carbocycles. The van der Waals surface area contributed by atoms with Crippen LogP contribution in [0.4, 0.5) is 0 Å². The van der Waals surface area contributed by atoms with Gasteiger partial charge in [-0.05, 0) is 25.7 Å². The van der Waals surface area contributed by atoms with E-state index in [0.717, 1.165) is 12.8 Å². The molecular formula is C16H20N2O6. The zero-order valence-electron chi connectivity index (χ0n) is 13.2. The van der Waals surface area contributed by atoms with Gasteiger partial charge in [0.2, 0.25) is 17.7 Å². The van der Waals surface area contributed by atoms with Crippen molar-refractivity contribution in [1.82, 2.24) is 9.80 Å². The number of rotatable bonds is 4. The number of amides is 3. The number of carboxylic acids is 1. The van der Waals surface area contributed by atoms with Crippen LogP contribution in [-0.2, 0) is 23.9 Å². The number of ether oxygens (including phenoxy) is 1. The lowest BCUT2D eigenvalue weighted by molar-refractivity contribution is -0.149. The number of hydrogen-bond acceptors (Lipinski definition) is 5. The molecule has 5 unspecified atom stereocenters. The molecule has 4 fully saturated rings. The summed E-state index contributed by atoms with van der Waals surface area (Å²) in [6.07, 6.45) is 2.40. The van der Waals surface area contributed by atoms with Gasteiger partial charge < -0.3 is 14.7 Å². The van der Waals surface area contributed by atoms with Crippen LogP contribution in [0.3, 0.4) is 0 Å². The number of imide groups is 1. The van der Waals surface area contributed by atoms with Crippen molar-refractivity contribution in [2.75, 3.05) is 13.1 Å².